The van der Waals surface area contributed by atoms with E-state index in [2.05, 4.69) is 45.5 Å². The molecular formula is C35H35BrN2O4. The molecule has 42 heavy (non-hydrogen) atoms. The number of ether oxygens (including phenoxy) is 2. The van der Waals surface area contributed by atoms with Crippen molar-refractivity contribution in [2.45, 2.75) is 37.3 Å². The summed E-state index contributed by atoms with van der Waals surface area (Å²) in [5, 5.41) is 12.3. The van der Waals surface area contributed by atoms with Crippen molar-refractivity contribution in [2.75, 3.05) is 19.8 Å². The molecule has 0 fully saturated rings. The summed E-state index contributed by atoms with van der Waals surface area (Å²) in [6.07, 6.45) is 0.429. The van der Waals surface area contributed by atoms with Gasteiger partial charge in [0.15, 0.2) is 5.54 Å². The molecular weight excluding hydrogens is 592 g/mol. The Morgan fingerprint density at radius 1 is 0.952 bits per heavy atom. The normalized spacial score (nSPS) is 17.9. The van der Waals surface area contributed by atoms with Gasteiger partial charge >= 0.3 is 0 Å². The Labute approximate surface area is 255 Å². The van der Waals surface area contributed by atoms with Crippen molar-refractivity contribution in [3.8, 4) is 5.75 Å². The number of nitrogens with one attached hydrogen (secondary N) is 1. The highest BCUT2D eigenvalue weighted by Gasteiger charge is 2.50. The van der Waals surface area contributed by atoms with Gasteiger partial charge in [0.25, 0.3) is 5.91 Å². The summed E-state index contributed by atoms with van der Waals surface area (Å²) in [5.74, 6) is 0.927. The molecule has 0 bridgehead atoms. The van der Waals surface area contributed by atoms with E-state index in [1.807, 2.05) is 91.9 Å². The van der Waals surface area contributed by atoms with Crippen LogP contribution in [0.1, 0.15) is 41.5 Å². The van der Waals surface area contributed by atoms with Crippen LogP contribution >= 0.6 is 15.9 Å². The molecule has 7 heteroatoms. The predicted molar refractivity (Wildman–Crippen MR) is 169 cm³/mol. The van der Waals surface area contributed by atoms with Gasteiger partial charge in [-0.05, 0) is 53.9 Å². The van der Waals surface area contributed by atoms with E-state index in [0.717, 1.165) is 26.7 Å². The number of hydrogen-bond acceptors (Lipinski definition) is 5. The number of carbonyl (C=O) groups is 1. The van der Waals surface area contributed by atoms with Gasteiger partial charge in [-0.15, -0.1) is 0 Å². The maximum atomic E-state index is 14.3. The maximum absolute atomic E-state index is 14.3. The van der Waals surface area contributed by atoms with Crippen LogP contribution in [0.5, 0.6) is 5.75 Å². The quantitative estimate of drug-likeness (QED) is 0.181. The fraction of sp³-hybridized carbons (Fsp3) is 0.257. The van der Waals surface area contributed by atoms with E-state index in [4.69, 9.17) is 19.6 Å². The second-order valence-electron chi connectivity index (χ2n) is 10.4. The van der Waals surface area contributed by atoms with Crippen LogP contribution in [-0.4, -0.2) is 48.3 Å². The first-order chi connectivity index (χ1) is 20.5. The number of halogens is 1. The third kappa shape index (κ3) is 6.75. The van der Waals surface area contributed by atoms with Crippen molar-refractivity contribution in [1.82, 2.24) is 5.32 Å². The van der Waals surface area contributed by atoms with Crippen LogP contribution < -0.4 is 10.1 Å². The Balaban J connectivity index is 1.44. The van der Waals surface area contributed by atoms with Gasteiger partial charge in [0.05, 0.1) is 6.61 Å². The van der Waals surface area contributed by atoms with Gasteiger partial charge < -0.3 is 19.9 Å². The van der Waals surface area contributed by atoms with E-state index in [1.54, 1.807) is 0 Å². The summed E-state index contributed by atoms with van der Waals surface area (Å²) in [5.41, 5.74) is 2.83. The average molecular weight is 628 g/mol. The standard InChI is InChI=1S/C35H35BrN2O4/c1-25-35(23-29-15-8-9-16-32(29)36,38-33(42-25)28-17-19-30(20-18-28)41-22-10-21-39)34(40)37-24-31(26-11-4-2-5-12-26)27-13-6-3-7-14-27/h2-9,11-20,25,31,39H,10,21-24H2,1H3,(H,37,40)/t25-,35-/m1/s1. The van der Waals surface area contributed by atoms with Crippen molar-refractivity contribution in [2.24, 2.45) is 4.99 Å². The summed E-state index contributed by atoms with van der Waals surface area (Å²) in [7, 11) is 0. The van der Waals surface area contributed by atoms with Gasteiger partial charge in [-0.25, -0.2) is 4.99 Å². The number of rotatable bonds is 12. The number of hydrogen-bond donors (Lipinski definition) is 2. The topological polar surface area (TPSA) is 80.2 Å². The number of aliphatic imine (C=N–C) groups is 1. The summed E-state index contributed by atoms with van der Waals surface area (Å²) >= 11 is 3.66. The largest absolute Gasteiger partial charge is 0.494 e. The van der Waals surface area contributed by atoms with E-state index in [0.29, 0.717) is 37.6 Å². The molecule has 0 saturated carbocycles. The first-order valence-corrected chi connectivity index (χ1v) is 15.0. The third-order valence-electron chi connectivity index (χ3n) is 7.62. The molecule has 0 aromatic heterocycles. The molecule has 0 spiro atoms. The molecule has 1 aliphatic heterocycles. The minimum Gasteiger partial charge on any atom is -0.494 e. The number of nitrogens with zero attached hydrogens (tertiary/aromatic N) is 1. The Hall–Kier alpha value is -3.94. The molecule has 0 aliphatic carbocycles. The Kier molecular flexibility index (Phi) is 9.72. The minimum absolute atomic E-state index is 0.0173. The maximum Gasteiger partial charge on any atom is 0.252 e. The Bertz CT molecular complexity index is 1460. The van der Waals surface area contributed by atoms with Crippen LogP contribution in [0.25, 0.3) is 0 Å². The van der Waals surface area contributed by atoms with Crippen LogP contribution in [0, 0.1) is 0 Å². The molecule has 216 valence electrons. The Morgan fingerprint density at radius 3 is 2.19 bits per heavy atom. The van der Waals surface area contributed by atoms with Crippen molar-refractivity contribution in [3.63, 3.8) is 0 Å². The number of aliphatic hydroxyl groups excluding tert-OH is 1. The zero-order valence-corrected chi connectivity index (χ0v) is 25.2. The molecule has 0 radical (unpaired) electrons. The van der Waals surface area contributed by atoms with E-state index >= 15 is 0 Å². The molecule has 6 nitrogen and oxygen atoms in total. The molecule has 5 rings (SSSR count). The molecule has 1 aliphatic rings. The predicted octanol–water partition coefficient (Wildman–Crippen LogP) is 6.31. The molecule has 4 aromatic carbocycles. The summed E-state index contributed by atoms with van der Waals surface area (Å²) in [4.78, 5) is 19.3. The zero-order valence-electron chi connectivity index (χ0n) is 23.6. The van der Waals surface area contributed by atoms with Crippen molar-refractivity contribution < 1.29 is 19.4 Å². The monoisotopic (exact) mass is 626 g/mol. The molecule has 2 atom stereocenters. The lowest BCUT2D eigenvalue weighted by atomic mass is 9.85. The van der Waals surface area contributed by atoms with Crippen LogP contribution in [-0.2, 0) is 16.0 Å². The fourth-order valence-electron chi connectivity index (χ4n) is 5.22. The lowest BCUT2D eigenvalue weighted by Crippen LogP contribution is -2.53. The molecule has 2 N–H and O–H groups in total. The number of carbonyl (C=O) groups excluding carboxylic acids is 1. The Morgan fingerprint density at radius 2 is 1.57 bits per heavy atom. The highest BCUT2D eigenvalue weighted by atomic mass is 79.9. The van der Waals surface area contributed by atoms with Crippen LogP contribution in [0.4, 0.5) is 0 Å². The number of aliphatic hydroxyl groups is 1. The lowest BCUT2D eigenvalue weighted by Gasteiger charge is -2.30. The molecule has 1 amide bonds. The molecule has 0 saturated heterocycles. The summed E-state index contributed by atoms with van der Waals surface area (Å²) < 4.78 is 12.9. The smallest absolute Gasteiger partial charge is 0.252 e. The second kappa shape index (κ2) is 13.8. The van der Waals surface area contributed by atoms with E-state index in [9.17, 15) is 4.79 Å². The summed E-state index contributed by atoms with van der Waals surface area (Å²) in [6.45, 7) is 2.85. The third-order valence-corrected chi connectivity index (χ3v) is 8.39. The minimum atomic E-state index is -1.17. The van der Waals surface area contributed by atoms with E-state index in [1.165, 1.54) is 0 Å². The number of amides is 1. The van der Waals surface area contributed by atoms with Gasteiger partial charge in [0.2, 0.25) is 5.90 Å². The highest BCUT2D eigenvalue weighted by molar-refractivity contribution is 9.10. The highest BCUT2D eigenvalue weighted by Crippen LogP contribution is 2.35. The van der Waals surface area contributed by atoms with Crippen molar-refractivity contribution in [1.29, 1.82) is 0 Å². The molecule has 4 aromatic rings. The van der Waals surface area contributed by atoms with Crippen molar-refractivity contribution in [3.05, 3.63) is 136 Å². The van der Waals surface area contributed by atoms with Gasteiger partial charge in [0, 0.05) is 41.9 Å². The van der Waals surface area contributed by atoms with Crippen LogP contribution in [0.2, 0.25) is 0 Å². The van der Waals surface area contributed by atoms with Gasteiger partial charge in [-0.3, -0.25) is 4.79 Å². The van der Waals surface area contributed by atoms with E-state index < -0.39 is 11.6 Å². The molecule has 1 heterocycles. The van der Waals surface area contributed by atoms with Gasteiger partial charge in [0.1, 0.15) is 11.9 Å². The first-order valence-electron chi connectivity index (χ1n) is 14.2. The van der Waals surface area contributed by atoms with Gasteiger partial charge in [-0.1, -0.05) is 94.8 Å². The van der Waals surface area contributed by atoms with Crippen LogP contribution in [0.3, 0.4) is 0 Å². The fourth-order valence-corrected chi connectivity index (χ4v) is 5.65. The average Bonchev–Trinajstić information content (AvgIpc) is 3.36. The first kappa shape index (κ1) is 29.5. The van der Waals surface area contributed by atoms with Crippen LogP contribution in [0.15, 0.2) is 119 Å². The lowest BCUT2D eigenvalue weighted by molar-refractivity contribution is -0.128. The second-order valence-corrected chi connectivity index (χ2v) is 11.3. The summed E-state index contributed by atoms with van der Waals surface area (Å²) in [6, 6.07) is 35.8. The molecule has 0 unspecified atom stereocenters. The SMILES string of the molecule is C[C@H]1OC(c2ccc(OCCCO)cc2)=N[C@@]1(Cc1ccccc1Br)C(=O)NCC(c1ccccc1)c1ccccc1. The van der Waals surface area contributed by atoms with E-state index in [-0.39, 0.29) is 18.4 Å². The van der Waals surface area contributed by atoms with Crippen molar-refractivity contribution >= 4 is 27.7 Å². The van der Waals surface area contributed by atoms with Gasteiger partial charge in [-0.2, -0.15) is 0 Å². The number of benzene rings is 4. The zero-order chi connectivity index (χ0) is 29.4.